The van der Waals surface area contributed by atoms with E-state index in [-0.39, 0.29) is 53.7 Å². The SMILES string of the molecule is C=CC(=O)N1CCN(C(C)C)CC1.C=CC(=O)N1CCN(C(C)C)C[C@@H]1CC#N.C=CC(=O)N1CCN(C(C)C)[C@@H](C)C1.C=CC(=O)N1C[C@H](C)N(C(C)C)C[C@H]1C.C=CC(=O)N1[C@H](C)CN(C(C)C)C[C@@H]1C.CC. The molecule has 5 heterocycles. The second-order valence-corrected chi connectivity index (χ2v) is 21.5. The molecule has 5 amide bonds. The molecule has 6 atom stereocenters. The van der Waals surface area contributed by atoms with Gasteiger partial charge in [-0.3, -0.25) is 48.5 Å². The lowest BCUT2D eigenvalue weighted by Gasteiger charge is -2.45. The number of rotatable bonds is 11. The summed E-state index contributed by atoms with van der Waals surface area (Å²) >= 11 is 0. The zero-order valence-corrected chi connectivity index (χ0v) is 50.3. The quantitative estimate of drug-likeness (QED) is 0.200. The van der Waals surface area contributed by atoms with E-state index < -0.39 is 0 Å². The smallest absolute Gasteiger partial charge is 0.246 e. The third-order valence-electron chi connectivity index (χ3n) is 14.7. The van der Waals surface area contributed by atoms with Crippen LogP contribution < -0.4 is 0 Å². The molecule has 0 aliphatic carbocycles. The van der Waals surface area contributed by atoms with Crippen LogP contribution in [0.5, 0.6) is 0 Å². The maximum absolute atomic E-state index is 11.7. The number of nitrogens with zero attached hydrogens (tertiary/aromatic N) is 11. The van der Waals surface area contributed by atoms with Crippen molar-refractivity contribution in [3.8, 4) is 6.07 Å². The molecule has 5 rings (SSSR count). The number of hydrogen-bond donors (Lipinski definition) is 0. The van der Waals surface area contributed by atoms with Crippen molar-refractivity contribution in [3.63, 3.8) is 0 Å². The first-order valence-electron chi connectivity index (χ1n) is 28.0. The molecule has 5 aliphatic heterocycles. The van der Waals surface area contributed by atoms with Gasteiger partial charge in [0.05, 0.1) is 18.5 Å². The monoisotopic (exact) mass is 1050 g/mol. The van der Waals surface area contributed by atoms with E-state index in [9.17, 15) is 24.0 Å². The molecule has 5 saturated heterocycles. The summed E-state index contributed by atoms with van der Waals surface area (Å²) in [6.45, 7) is 66.4. The van der Waals surface area contributed by atoms with Crippen molar-refractivity contribution in [2.75, 3.05) is 91.6 Å². The fourth-order valence-electron chi connectivity index (χ4n) is 10.3. The molecule has 0 saturated carbocycles. The fraction of sp³-hybridized carbons (Fsp3) is 0.729. The Labute approximate surface area is 457 Å². The maximum atomic E-state index is 11.7. The van der Waals surface area contributed by atoms with Crippen LogP contribution in [0.2, 0.25) is 0 Å². The first kappa shape index (κ1) is 70.3. The second-order valence-electron chi connectivity index (χ2n) is 21.5. The first-order chi connectivity index (χ1) is 35.2. The number of piperazine rings is 5. The van der Waals surface area contributed by atoms with Crippen LogP contribution in [-0.2, 0) is 24.0 Å². The van der Waals surface area contributed by atoms with Crippen molar-refractivity contribution in [3.05, 3.63) is 63.3 Å². The van der Waals surface area contributed by atoms with Gasteiger partial charge in [0.1, 0.15) is 0 Å². The zero-order chi connectivity index (χ0) is 57.9. The van der Waals surface area contributed by atoms with E-state index in [1.54, 1.807) is 4.90 Å². The van der Waals surface area contributed by atoms with Crippen LogP contribution in [0.4, 0.5) is 0 Å². The number of nitriles is 1. The van der Waals surface area contributed by atoms with E-state index in [1.807, 2.05) is 33.4 Å². The summed E-state index contributed by atoms with van der Waals surface area (Å²) in [4.78, 5) is 78.8. The third-order valence-corrected chi connectivity index (χ3v) is 14.7. The van der Waals surface area contributed by atoms with Crippen molar-refractivity contribution in [1.82, 2.24) is 49.0 Å². The van der Waals surface area contributed by atoms with E-state index in [1.165, 1.54) is 30.4 Å². The molecule has 16 nitrogen and oxygen atoms in total. The third kappa shape index (κ3) is 23.2. The summed E-state index contributed by atoms with van der Waals surface area (Å²) in [7, 11) is 0. The lowest BCUT2D eigenvalue weighted by Crippen LogP contribution is -2.59. The summed E-state index contributed by atoms with van der Waals surface area (Å²) in [5, 5.41) is 8.78. The summed E-state index contributed by atoms with van der Waals surface area (Å²) < 4.78 is 0. The van der Waals surface area contributed by atoms with Crippen molar-refractivity contribution in [2.45, 2.75) is 191 Å². The van der Waals surface area contributed by atoms with E-state index in [0.717, 1.165) is 85.1 Å². The van der Waals surface area contributed by atoms with Crippen LogP contribution in [0.15, 0.2) is 63.3 Å². The number of carbonyl (C=O) groups is 5. The Kier molecular flexibility index (Phi) is 34.1. The van der Waals surface area contributed by atoms with Gasteiger partial charge in [-0.15, -0.1) is 0 Å². The molecule has 0 N–H and O–H groups in total. The molecule has 5 aliphatic rings. The first-order valence-corrected chi connectivity index (χ1v) is 28.0. The van der Waals surface area contributed by atoms with Crippen LogP contribution in [0, 0.1) is 11.3 Å². The standard InChI is InChI=1S/C12H19N3O.2C12H22N2O.C11H20N2O.C10H18N2O.C2H6/c1-4-12(16)15-8-7-14(10(2)3)9-11(15)5-6-13;1-6-12(15)14-8-10(4)13(9(2)3)7-11(14)5;1-6-12(15)14-10(4)7-13(9(2)3)8-11(14)5;1-5-11(14)12-6-7-13(9(2)3)10(4)8-12;1-4-10(13)12-7-5-11(6-8-12)9(2)3;1-2/h4,10-11H,1,5,7-9H2,2-3H3;2*6,9-11H,1,7-8H2,2-5H3;5,9-10H,1,6-8H2,2-4H3;4,9H,1,5-8H2,2-3H3;1-2H3/t11-;2*10-,11+;10-;;/m00.0../s1. The van der Waals surface area contributed by atoms with Crippen molar-refractivity contribution >= 4 is 29.5 Å². The highest BCUT2D eigenvalue weighted by molar-refractivity contribution is 5.89. The van der Waals surface area contributed by atoms with Crippen LogP contribution in [0.3, 0.4) is 0 Å². The lowest BCUT2D eigenvalue weighted by atomic mass is 10.1. The minimum absolute atomic E-state index is 0.00616. The lowest BCUT2D eigenvalue weighted by molar-refractivity contribution is -0.134. The van der Waals surface area contributed by atoms with Crippen LogP contribution in [0.1, 0.15) is 124 Å². The van der Waals surface area contributed by atoms with Gasteiger partial charge in [0.25, 0.3) is 0 Å². The number of hydrogen-bond acceptors (Lipinski definition) is 11. The Morgan fingerprint density at radius 1 is 0.427 bits per heavy atom. The molecule has 0 unspecified atom stereocenters. The average molecular weight is 1050 g/mol. The molecular weight excluding hydrogens is 943 g/mol. The Bertz CT molecular complexity index is 1810. The Morgan fingerprint density at radius 2 is 0.840 bits per heavy atom. The van der Waals surface area contributed by atoms with E-state index in [4.69, 9.17) is 5.26 Å². The molecule has 0 spiro atoms. The molecule has 0 aromatic carbocycles. The minimum Gasteiger partial charge on any atom is -0.337 e. The number of carbonyl (C=O) groups excluding carboxylic acids is 5. The Balaban J connectivity index is 0.000000906. The highest BCUT2D eigenvalue weighted by atomic mass is 16.2. The van der Waals surface area contributed by atoms with Gasteiger partial charge in [0.15, 0.2) is 0 Å². The second kappa shape index (κ2) is 36.4. The predicted molar refractivity (Wildman–Crippen MR) is 311 cm³/mol. The van der Waals surface area contributed by atoms with Crippen LogP contribution >= 0.6 is 0 Å². The molecule has 75 heavy (non-hydrogen) atoms. The number of amides is 5. The van der Waals surface area contributed by atoms with Gasteiger partial charge in [0.2, 0.25) is 29.5 Å². The van der Waals surface area contributed by atoms with Crippen LogP contribution in [-0.4, -0.2) is 237 Å². The van der Waals surface area contributed by atoms with E-state index >= 15 is 0 Å². The molecule has 0 aromatic heterocycles. The average Bonchev–Trinajstić information content (AvgIpc) is 3.39. The van der Waals surface area contributed by atoms with Gasteiger partial charge < -0.3 is 24.5 Å². The van der Waals surface area contributed by atoms with Gasteiger partial charge in [0, 0.05) is 152 Å². The Morgan fingerprint density at radius 3 is 1.25 bits per heavy atom. The summed E-state index contributed by atoms with van der Waals surface area (Å²) in [6.07, 6.45) is 7.34. The van der Waals surface area contributed by atoms with Crippen LogP contribution in [0.25, 0.3) is 0 Å². The molecule has 0 radical (unpaired) electrons. The summed E-state index contributed by atoms with van der Waals surface area (Å²) in [5.41, 5.74) is 0. The van der Waals surface area contributed by atoms with Gasteiger partial charge in [-0.25, -0.2) is 0 Å². The zero-order valence-electron chi connectivity index (χ0n) is 50.3. The van der Waals surface area contributed by atoms with Crippen molar-refractivity contribution in [2.24, 2.45) is 0 Å². The van der Waals surface area contributed by atoms with Crippen molar-refractivity contribution < 1.29 is 24.0 Å². The fourth-order valence-corrected chi connectivity index (χ4v) is 10.3. The molecule has 5 fully saturated rings. The van der Waals surface area contributed by atoms with Gasteiger partial charge in [-0.2, -0.15) is 5.26 Å². The highest BCUT2D eigenvalue weighted by Gasteiger charge is 2.34. The largest absolute Gasteiger partial charge is 0.337 e. The van der Waals surface area contributed by atoms with Gasteiger partial charge in [-0.1, -0.05) is 46.7 Å². The molecule has 16 heteroatoms. The summed E-state index contributed by atoms with van der Waals surface area (Å²) in [6, 6.07) is 6.59. The molecule has 0 aromatic rings. The van der Waals surface area contributed by atoms with Crippen molar-refractivity contribution in [1.29, 1.82) is 5.26 Å². The van der Waals surface area contributed by atoms with Gasteiger partial charge >= 0.3 is 0 Å². The highest BCUT2D eigenvalue weighted by Crippen LogP contribution is 2.20. The summed E-state index contributed by atoms with van der Waals surface area (Å²) in [5.74, 6) is 0.156. The molecule has 428 valence electrons. The van der Waals surface area contributed by atoms with E-state index in [2.05, 4.69) is 167 Å². The Hall–Kier alpha value is -4.66. The predicted octanol–water partition coefficient (Wildman–Crippen LogP) is 6.88. The maximum Gasteiger partial charge on any atom is 0.246 e. The minimum atomic E-state index is -0.0661. The molecule has 0 bridgehead atoms. The van der Waals surface area contributed by atoms with Gasteiger partial charge in [-0.05, 0) is 134 Å². The molecular formula is C59H107N11O5. The topological polar surface area (TPSA) is 142 Å². The normalized spacial score (nSPS) is 23.8. The van der Waals surface area contributed by atoms with E-state index in [0.29, 0.717) is 55.3 Å².